The minimum Gasteiger partial charge on any atom is -0.497 e. The van der Waals surface area contributed by atoms with Crippen LogP contribution in [0.15, 0.2) is 97.1 Å². The molecule has 0 bridgehead atoms. The Morgan fingerprint density at radius 1 is 0.474 bits per heavy atom. The van der Waals surface area contributed by atoms with Crippen LogP contribution in [0.3, 0.4) is 0 Å². The molecule has 0 N–H and O–H groups in total. The number of methoxy groups -OCH3 is 4. The average molecular weight is 511 g/mol. The van der Waals surface area contributed by atoms with Crippen molar-refractivity contribution in [1.29, 1.82) is 0 Å². The summed E-state index contributed by atoms with van der Waals surface area (Å²) >= 11 is 0. The summed E-state index contributed by atoms with van der Waals surface area (Å²) in [5.41, 5.74) is 4.05. The molecule has 0 fully saturated rings. The quantitative estimate of drug-likeness (QED) is 0.214. The molecular formula is C33H34O5. The van der Waals surface area contributed by atoms with Crippen molar-refractivity contribution < 1.29 is 23.7 Å². The molecule has 0 aromatic heterocycles. The monoisotopic (exact) mass is 510 g/mol. The van der Waals surface area contributed by atoms with Gasteiger partial charge < -0.3 is 18.9 Å². The lowest BCUT2D eigenvalue weighted by atomic mass is 9.78. The Bertz CT molecular complexity index is 1190. The molecule has 5 heteroatoms. The van der Waals surface area contributed by atoms with Crippen molar-refractivity contribution in [2.24, 2.45) is 0 Å². The Balaban J connectivity index is 1.73. The molecule has 4 aromatic carbocycles. The first-order chi connectivity index (χ1) is 18.5. The number of hydrogen-bond acceptors (Lipinski definition) is 5. The van der Waals surface area contributed by atoms with Crippen molar-refractivity contribution >= 4 is 5.78 Å². The van der Waals surface area contributed by atoms with Crippen molar-refractivity contribution in [2.45, 2.75) is 24.7 Å². The van der Waals surface area contributed by atoms with Crippen molar-refractivity contribution in [1.82, 2.24) is 0 Å². The standard InChI is InChI=1S/C33H34O5/c1-35-27-13-5-23(6-14-27)21-31(25-9-17-29(37-3)18-10-25)33(34)32(26-11-19-30(38-4)20-12-26)22-24-7-15-28(36-2)16-8-24/h5-20,31-32H,21-22H2,1-4H3. The highest BCUT2D eigenvalue weighted by molar-refractivity contribution is 5.92. The number of ether oxygens (including phenoxy) is 4. The van der Waals surface area contributed by atoms with Crippen molar-refractivity contribution in [2.75, 3.05) is 28.4 Å². The molecule has 0 aliphatic rings. The van der Waals surface area contributed by atoms with Gasteiger partial charge >= 0.3 is 0 Å². The number of carbonyl (C=O) groups excluding carboxylic acids is 1. The number of Topliss-reactive ketones (excluding diaryl/α,β-unsaturated/α-hetero) is 1. The molecule has 0 aliphatic heterocycles. The summed E-state index contributed by atoms with van der Waals surface area (Å²) in [6.07, 6.45) is 1.15. The Kier molecular flexibility index (Phi) is 9.04. The molecule has 0 saturated carbocycles. The number of hydrogen-bond donors (Lipinski definition) is 0. The average Bonchev–Trinajstić information content (AvgIpc) is 2.99. The van der Waals surface area contributed by atoms with Crippen LogP contribution in [-0.4, -0.2) is 34.2 Å². The smallest absolute Gasteiger partial charge is 0.148 e. The molecule has 38 heavy (non-hydrogen) atoms. The van der Waals surface area contributed by atoms with Gasteiger partial charge in [0.25, 0.3) is 0 Å². The van der Waals surface area contributed by atoms with Crippen molar-refractivity contribution in [3.63, 3.8) is 0 Å². The predicted molar refractivity (Wildman–Crippen MR) is 150 cm³/mol. The molecule has 196 valence electrons. The fourth-order valence-corrected chi connectivity index (χ4v) is 4.68. The van der Waals surface area contributed by atoms with E-state index in [0.29, 0.717) is 12.8 Å². The van der Waals surface area contributed by atoms with Gasteiger partial charge in [-0.05, 0) is 83.6 Å². The zero-order valence-electron chi connectivity index (χ0n) is 22.3. The molecule has 0 aliphatic carbocycles. The third-order valence-electron chi connectivity index (χ3n) is 6.92. The minimum absolute atomic E-state index is 0.159. The number of carbonyl (C=O) groups is 1. The SMILES string of the molecule is COc1ccc(CC(C(=O)C(Cc2ccc(OC)cc2)c2ccc(OC)cc2)c2ccc(OC)cc2)cc1. The highest BCUT2D eigenvalue weighted by Crippen LogP contribution is 2.34. The Morgan fingerprint density at radius 3 is 1.00 bits per heavy atom. The predicted octanol–water partition coefficient (Wildman–Crippen LogP) is 6.64. The normalized spacial score (nSPS) is 12.3. The largest absolute Gasteiger partial charge is 0.497 e. The van der Waals surface area contributed by atoms with E-state index in [0.717, 1.165) is 45.3 Å². The first-order valence-electron chi connectivity index (χ1n) is 12.6. The van der Waals surface area contributed by atoms with Crippen LogP contribution < -0.4 is 18.9 Å². The van der Waals surface area contributed by atoms with Crippen LogP contribution in [0.5, 0.6) is 23.0 Å². The molecule has 0 amide bonds. The van der Waals surface area contributed by atoms with E-state index in [1.165, 1.54) is 0 Å². The van der Waals surface area contributed by atoms with E-state index in [-0.39, 0.29) is 17.6 Å². The van der Waals surface area contributed by atoms with Gasteiger partial charge in [-0.3, -0.25) is 4.79 Å². The summed E-state index contributed by atoms with van der Waals surface area (Å²) in [6.45, 7) is 0. The summed E-state index contributed by atoms with van der Waals surface area (Å²) < 4.78 is 21.4. The molecule has 4 aromatic rings. The molecule has 2 atom stereocenters. The molecule has 0 spiro atoms. The van der Waals surface area contributed by atoms with Crippen molar-refractivity contribution in [3.8, 4) is 23.0 Å². The third-order valence-corrected chi connectivity index (χ3v) is 6.92. The second kappa shape index (κ2) is 12.8. The zero-order valence-corrected chi connectivity index (χ0v) is 22.3. The summed E-state index contributed by atoms with van der Waals surface area (Å²) in [4.78, 5) is 14.5. The van der Waals surface area contributed by atoms with Crippen LogP contribution >= 0.6 is 0 Å². The second-order valence-electron chi connectivity index (χ2n) is 9.16. The first-order valence-corrected chi connectivity index (χ1v) is 12.6. The highest BCUT2D eigenvalue weighted by Gasteiger charge is 2.30. The van der Waals surface area contributed by atoms with Gasteiger partial charge in [0.2, 0.25) is 0 Å². The summed E-state index contributed by atoms with van der Waals surface area (Å²) in [6, 6.07) is 31.4. The highest BCUT2D eigenvalue weighted by atomic mass is 16.5. The molecule has 0 heterocycles. The van der Waals surface area contributed by atoms with Gasteiger partial charge in [-0.1, -0.05) is 48.5 Å². The number of benzene rings is 4. The zero-order chi connectivity index (χ0) is 26.9. The van der Waals surface area contributed by atoms with E-state index in [1.54, 1.807) is 28.4 Å². The second-order valence-corrected chi connectivity index (χ2v) is 9.16. The maximum Gasteiger partial charge on any atom is 0.148 e. The maximum atomic E-state index is 14.5. The van der Waals surface area contributed by atoms with Crippen LogP contribution in [0.1, 0.15) is 34.1 Å². The van der Waals surface area contributed by atoms with Gasteiger partial charge in [0.1, 0.15) is 28.8 Å². The molecule has 0 saturated heterocycles. The van der Waals surface area contributed by atoms with E-state index in [4.69, 9.17) is 18.9 Å². The van der Waals surface area contributed by atoms with Gasteiger partial charge in [0.15, 0.2) is 0 Å². The topological polar surface area (TPSA) is 54.0 Å². The Morgan fingerprint density at radius 2 is 0.737 bits per heavy atom. The van der Waals surface area contributed by atoms with E-state index in [2.05, 4.69) is 0 Å². The van der Waals surface area contributed by atoms with E-state index < -0.39 is 0 Å². The van der Waals surface area contributed by atoms with Crippen LogP contribution in [-0.2, 0) is 17.6 Å². The summed E-state index contributed by atoms with van der Waals surface area (Å²) in [5, 5.41) is 0. The van der Waals surface area contributed by atoms with Gasteiger partial charge in [0.05, 0.1) is 28.4 Å². The minimum atomic E-state index is -0.348. The van der Waals surface area contributed by atoms with Crippen LogP contribution in [0.25, 0.3) is 0 Å². The molecular weight excluding hydrogens is 476 g/mol. The maximum absolute atomic E-state index is 14.5. The van der Waals surface area contributed by atoms with Gasteiger partial charge in [0, 0.05) is 11.8 Å². The molecule has 5 nitrogen and oxygen atoms in total. The lowest BCUT2D eigenvalue weighted by molar-refractivity contribution is -0.122. The summed E-state index contributed by atoms with van der Waals surface area (Å²) in [7, 11) is 6.59. The van der Waals surface area contributed by atoms with Crippen LogP contribution in [0.4, 0.5) is 0 Å². The van der Waals surface area contributed by atoms with Crippen LogP contribution in [0.2, 0.25) is 0 Å². The third kappa shape index (κ3) is 6.54. The molecule has 2 unspecified atom stereocenters. The van der Waals surface area contributed by atoms with E-state index in [1.807, 2.05) is 97.1 Å². The number of rotatable bonds is 12. The first kappa shape index (κ1) is 26.8. The lowest BCUT2D eigenvalue weighted by Crippen LogP contribution is -2.24. The van der Waals surface area contributed by atoms with Gasteiger partial charge in [-0.2, -0.15) is 0 Å². The van der Waals surface area contributed by atoms with E-state index >= 15 is 0 Å². The van der Waals surface area contributed by atoms with Crippen LogP contribution in [0, 0.1) is 0 Å². The van der Waals surface area contributed by atoms with Gasteiger partial charge in [-0.25, -0.2) is 0 Å². The number of ketones is 1. The van der Waals surface area contributed by atoms with Gasteiger partial charge in [-0.15, -0.1) is 0 Å². The van der Waals surface area contributed by atoms with Crippen molar-refractivity contribution in [3.05, 3.63) is 119 Å². The molecule has 4 rings (SSSR count). The summed E-state index contributed by atoms with van der Waals surface area (Å²) in [5.74, 6) is 2.56. The Hall–Kier alpha value is -4.25. The molecule has 0 radical (unpaired) electrons. The Labute approximate surface area is 225 Å². The van der Waals surface area contributed by atoms with E-state index in [9.17, 15) is 4.79 Å². The fraction of sp³-hybridized carbons (Fsp3) is 0.242. The fourth-order valence-electron chi connectivity index (χ4n) is 4.68. The lowest BCUT2D eigenvalue weighted by Gasteiger charge is -2.24.